The van der Waals surface area contributed by atoms with Crippen LogP contribution in [0.3, 0.4) is 0 Å². The average Bonchev–Trinajstić information content (AvgIpc) is 2.86. The van der Waals surface area contributed by atoms with Crippen LogP contribution in [0.5, 0.6) is 5.75 Å². The fourth-order valence-corrected chi connectivity index (χ4v) is 3.36. The van der Waals surface area contributed by atoms with E-state index in [0.29, 0.717) is 16.5 Å². The Hall–Kier alpha value is -1.43. The first kappa shape index (κ1) is 14.5. The number of hydrogen-bond acceptors (Lipinski definition) is 4. The number of amides is 1. The van der Waals surface area contributed by atoms with Gasteiger partial charge in [-0.15, -0.1) is 11.3 Å². The van der Waals surface area contributed by atoms with E-state index >= 15 is 0 Å². The summed E-state index contributed by atoms with van der Waals surface area (Å²) in [5, 5.41) is 6.58. The van der Waals surface area contributed by atoms with Gasteiger partial charge in [0.1, 0.15) is 5.75 Å². The highest BCUT2D eigenvalue weighted by atomic mass is 35.5. The summed E-state index contributed by atoms with van der Waals surface area (Å²) < 4.78 is 6.14. The van der Waals surface area contributed by atoms with E-state index in [-0.39, 0.29) is 18.6 Å². The summed E-state index contributed by atoms with van der Waals surface area (Å²) in [4.78, 5) is 12.4. The van der Waals surface area contributed by atoms with Crippen molar-refractivity contribution < 1.29 is 9.53 Å². The molecular formula is C14H12Cl2N2O2S. The van der Waals surface area contributed by atoms with Crippen molar-refractivity contribution in [2.45, 2.75) is 13.0 Å². The van der Waals surface area contributed by atoms with Crippen LogP contribution in [0.4, 0.5) is 11.4 Å². The molecule has 1 aromatic heterocycles. The molecule has 0 saturated carbocycles. The van der Waals surface area contributed by atoms with Gasteiger partial charge in [0.25, 0.3) is 5.91 Å². The lowest BCUT2D eigenvalue weighted by atomic mass is 10.2. The summed E-state index contributed by atoms with van der Waals surface area (Å²) in [6.07, 6.45) is 0. The minimum atomic E-state index is -0.180. The molecule has 2 N–H and O–H groups in total. The van der Waals surface area contributed by atoms with Crippen LogP contribution in [-0.4, -0.2) is 12.5 Å². The van der Waals surface area contributed by atoms with Crippen LogP contribution in [0.15, 0.2) is 24.3 Å². The standard InChI is InChI=1S/C14H12Cl2N2O2S/c1-7(12-2-3-13(16)21-12)17-9-5-11-10(4-8(9)15)18-14(19)6-20-11/h2-5,7,17H,6H2,1H3,(H,18,19). The third-order valence-electron chi connectivity index (χ3n) is 3.09. The predicted octanol–water partition coefficient (Wildman–Crippen LogP) is 4.56. The zero-order valence-electron chi connectivity index (χ0n) is 11.1. The summed E-state index contributed by atoms with van der Waals surface area (Å²) in [5.74, 6) is 0.429. The summed E-state index contributed by atoms with van der Waals surface area (Å²) in [6, 6.07) is 7.39. The number of benzene rings is 1. The van der Waals surface area contributed by atoms with E-state index in [4.69, 9.17) is 27.9 Å². The van der Waals surface area contributed by atoms with Crippen molar-refractivity contribution >= 4 is 51.8 Å². The maximum absolute atomic E-state index is 11.3. The molecule has 0 aliphatic carbocycles. The largest absolute Gasteiger partial charge is 0.482 e. The van der Waals surface area contributed by atoms with E-state index in [2.05, 4.69) is 10.6 Å². The SMILES string of the molecule is CC(Nc1cc2c(cc1Cl)NC(=O)CO2)c1ccc(Cl)s1. The van der Waals surface area contributed by atoms with Crippen molar-refractivity contribution in [3.63, 3.8) is 0 Å². The normalized spacial score (nSPS) is 14.9. The van der Waals surface area contributed by atoms with Crippen molar-refractivity contribution in [2.24, 2.45) is 0 Å². The number of carbonyl (C=O) groups is 1. The Balaban J connectivity index is 1.84. The lowest BCUT2D eigenvalue weighted by molar-refractivity contribution is -0.118. The van der Waals surface area contributed by atoms with E-state index in [9.17, 15) is 4.79 Å². The van der Waals surface area contributed by atoms with E-state index < -0.39 is 0 Å². The molecular weight excluding hydrogens is 331 g/mol. The zero-order valence-corrected chi connectivity index (χ0v) is 13.4. The molecule has 1 atom stereocenters. The first-order chi connectivity index (χ1) is 10.0. The van der Waals surface area contributed by atoms with Gasteiger partial charge in [-0.25, -0.2) is 0 Å². The molecule has 7 heteroatoms. The van der Waals surface area contributed by atoms with Gasteiger partial charge in [0.15, 0.2) is 6.61 Å². The molecule has 0 saturated heterocycles. The first-order valence-corrected chi connectivity index (χ1v) is 7.88. The van der Waals surface area contributed by atoms with E-state index in [1.165, 1.54) is 11.3 Å². The highest BCUT2D eigenvalue weighted by Gasteiger charge is 2.19. The van der Waals surface area contributed by atoms with Crippen LogP contribution in [0.2, 0.25) is 9.36 Å². The molecule has 0 bridgehead atoms. The molecule has 1 aromatic carbocycles. The van der Waals surface area contributed by atoms with Gasteiger partial charge in [0.05, 0.1) is 26.8 Å². The molecule has 2 aromatic rings. The Morgan fingerprint density at radius 1 is 1.38 bits per heavy atom. The third-order valence-corrected chi connectivity index (χ3v) is 4.82. The van der Waals surface area contributed by atoms with Crippen LogP contribution >= 0.6 is 34.5 Å². The van der Waals surface area contributed by atoms with Gasteiger partial charge in [-0.05, 0) is 25.1 Å². The molecule has 4 nitrogen and oxygen atoms in total. The van der Waals surface area contributed by atoms with Gasteiger partial charge in [-0.2, -0.15) is 0 Å². The topological polar surface area (TPSA) is 50.4 Å². The Morgan fingerprint density at radius 2 is 2.19 bits per heavy atom. The maximum atomic E-state index is 11.3. The Labute approximate surface area is 136 Å². The zero-order chi connectivity index (χ0) is 15.0. The molecule has 0 spiro atoms. The Kier molecular flexibility index (Phi) is 3.97. The number of hydrogen-bond donors (Lipinski definition) is 2. The van der Waals surface area contributed by atoms with E-state index in [0.717, 1.165) is 14.9 Å². The van der Waals surface area contributed by atoms with Gasteiger partial charge in [-0.1, -0.05) is 23.2 Å². The van der Waals surface area contributed by atoms with Crippen molar-refractivity contribution in [3.05, 3.63) is 38.5 Å². The Bertz CT molecular complexity index is 702. The molecule has 0 radical (unpaired) electrons. The molecule has 2 heterocycles. The Morgan fingerprint density at radius 3 is 2.90 bits per heavy atom. The number of fused-ring (bicyclic) bond motifs is 1. The maximum Gasteiger partial charge on any atom is 0.262 e. The summed E-state index contributed by atoms with van der Waals surface area (Å²) in [5.41, 5.74) is 1.34. The molecule has 1 aliphatic heterocycles. The van der Waals surface area contributed by atoms with E-state index in [1.807, 2.05) is 19.1 Å². The van der Waals surface area contributed by atoms with Gasteiger partial charge < -0.3 is 15.4 Å². The highest BCUT2D eigenvalue weighted by Crippen LogP contribution is 2.38. The number of ether oxygens (including phenoxy) is 1. The summed E-state index contributed by atoms with van der Waals surface area (Å²) in [7, 11) is 0. The molecule has 1 aliphatic rings. The molecule has 21 heavy (non-hydrogen) atoms. The minimum Gasteiger partial charge on any atom is -0.482 e. The van der Waals surface area contributed by atoms with Crippen LogP contribution in [0, 0.1) is 0 Å². The van der Waals surface area contributed by atoms with Crippen LogP contribution < -0.4 is 15.4 Å². The summed E-state index contributed by atoms with van der Waals surface area (Å²) >= 11 is 13.7. The number of rotatable bonds is 3. The molecule has 0 fully saturated rings. The molecule has 110 valence electrons. The third kappa shape index (κ3) is 3.10. The van der Waals surface area contributed by atoms with Crippen LogP contribution in [0.1, 0.15) is 17.8 Å². The van der Waals surface area contributed by atoms with Gasteiger partial charge in [-0.3, -0.25) is 4.79 Å². The second-order valence-corrected chi connectivity index (χ2v) is 6.83. The van der Waals surface area contributed by atoms with Crippen LogP contribution in [-0.2, 0) is 4.79 Å². The molecule has 1 amide bonds. The minimum absolute atomic E-state index is 0.0180. The molecule has 3 rings (SSSR count). The number of thiophene rings is 1. The second kappa shape index (κ2) is 5.75. The number of halogens is 2. The lowest BCUT2D eigenvalue weighted by Crippen LogP contribution is -2.25. The average molecular weight is 343 g/mol. The fraction of sp³-hybridized carbons (Fsp3) is 0.214. The van der Waals surface area contributed by atoms with Crippen molar-refractivity contribution in [3.8, 4) is 5.75 Å². The van der Waals surface area contributed by atoms with E-state index in [1.54, 1.807) is 12.1 Å². The van der Waals surface area contributed by atoms with Crippen molar-refractivity contribution in [1.82, 2.24) is 0 Å². The van der Waals surface area contributed by atoms with Crippen molar-refractivity contribution in [2.75, 3.05) is 17.2 Å². The lowest BCUT2D eigenvalue weighted by Gasteiger charge is -2.21. The smallest absolute Gasteiger partial charge is 0.262 e. The number of carbonyl (C=O) groups excluding carboxylic acids is 1. The van der Waals surface area contributed by atoms with Crippen LogP contribution in [0.25, 0.3) is 0 Å². The molecule has 1 unspecified atom stereocenters. The first-order valence-electron chi connectivity index (χ1n) is 6.31. The summed E-state index contributed by atoms with van der Waals surface area (Å²) in [6.45, 7) is 2.05. The van der Waals surface area contributed by atoms with Gasteiger partial charge in [0, 0.05) is 10.9 Å². The van der Waals surface area contributed by atoms with Crippen molar-refractivity contribution in [1.29, 1.82) is 0 Å². The quantitative estimate of drug-likeness (QED) is 0.859. The fourth-order valence-electron chi connectivity index (χ4n) is 2.08. The second-order valence-electron chi connectivity index (χ2n) is 4.67. The number of nitrogens with one attached hydrogen (secondary N) is 2. The van der Waals surface area contributed by atoms with Gasteiger partial charge in [0.2, 0.25) is 0 Å². The van der Waals surface area contributed by atoms with Gasteiger partial charge >= 0.3 is 0 Å². The number of anilines is 2. The predicted molar refractivity (Wildman–Crippen MR) is 86.9 cm³/mol. The monoisotopic (exact) mass is 342 g/mol. The highest BCUT2D eigenvalue weighted by molar-refractivity contribution is 7.16.